The predicted octanol–water partition coefficient (Wildman–Crippen LogP) is 2.74. The van der Waals surface area contributed by atoms with Crippen molar-refractivity contribution in [2.45, 2.75) is 13.8 Å². The van der Waals surface area contributed by atoms with Crippen molar-refractivity contribution in [1.82, 2.24) is 0 Å². The number of carboxylic acids is 1. The summed E-state index contributed by atoms with van der Waals surface area (Å²) in [4.78, 5) is 23.1. The molecule has 1 aromatic rings. The minimum atomic E-state index is -0.910. The van der Waals surface area contributed by atoms with E-state index in [-0.39, 0.29) is 5.91 Å². The van der Waals surface area contributed by atoms with Gasteiger partial charge in [0.05, 0.1) is 17.5 Å². The van der Waals surface area contributed by atoms with Crippen LogP contribution in [0.5, 0.6) is 0 Å². The Morgan fingerprint density at radius 2 is 1.89 bits per heavy atom. The van der Waals surface area contributed by atoms with Crippen LogP contribution in [0.3, 0.4) is 0 Å². The van der Waals surface area contributed by atoms with Crippen molar-refractivity contribution in [2.75, 3.05) is 5.32 Å². The standard InChI is InChI=1S/C13H14BrNO3/c1-13(2)9(10(13)12(17)18)11(16)15-8-6-4-3-5-7(8)14/h3-6,9-10H,1-2H3,(H,15,16)(H,17,18)/t9-,10+/m1/s1. The van der Waals surface area contributed by atoms with Crippen LogP contribution in [0.1, 0.15) is 13.8 Å². The first kappa shape index (κ1) is 13.1. The average molecular weight is 312 g/mol. The second kappa shape index (κ2) is 4.39. The van der Waals surface area contributed by atoms with Gasteiger partial charge in [-0.2, -0.15) is 0 Å². The smallest absolute Gasteiger partial charge is 0.307 e. The summed E-state index contributed by atoms with van der Waals surface area (Å²) in [6.07, 6.45) is 0. The highest BCUT2D eigenvalue weighted by Gasteiger charge is 2.65. The molecule has 0 bridgehead atoms. The number of nitrogens with one attached hydrogen (secondary N) is 1. The Bertz CT molecular complexity index is 513. The van der Waals surface area contributed by atoms with E-state index < -0.39 is 23.2 Å². The molecule has 0 heterocycles. The van der Waals surface area contributed by atoms with Crippen molar-refractivity contribution >= 4 is 33.5 Å². The van der Waals surface area contributed by atoms with Crippen LogP contribution in [0, 0.1) is 17.3 Å². The fourth-order valence-corrected chi connectivity index (χ4v) is 2.74. The molecule has 1 amide bonds. The van der Waals surface area contributed by atoms with Crippen LogP contribution < -0.4 is 5.32 Å². The number of rotatable bonds is 3. The highest BCUT2D eigenvalue weighted by Crippen LogP contribution is 2.58. The fraction of sp³-hybridized carbons (Fsp3) is 0.385. The Morgan fingerprint density at radius 1 is 1.28 bits per heavy atom. The molecular weight excluding hydrogens is 298 g/mol. The summed E-state index contributed by atoms with van der Waals surface area (Å²) in [5.41, 5.74) is 0.186. The molecule has 1 aliphatic carbocycles. The quantitative estimate of drug-likeness (QED) is 0.902. The normalized spacial score (nSPS) is 24.4. The molecule has 0 saturated heterocycles. The van der Waals surface area contributed by atoms with Gasteiger partial charge in [-0.05, 0) is 33.5 Å². The van der Waals surface area contributed by atoms with E-state index in [1.165, 1.54) is 0 Å². The van der Waals surface area contributed by atoms with E-state index in [1.54, 1.807) is 19.9 Å². The van der Waals surface area contributed by atoms with Gasteiger partial charge in [0, 0.05) is 4.47 Å². The lowest BCUT2D eigenvalue weighted by atomic mass is 10.1. The van der Waals surface area contributed by atoms with Gasteiger partial charge < -0.3 is 10.4 Å². The number of carbonyl (C=O) groups excluding carboxylic acids is 1. The summed E-state index contributed by atoms with van der Waals surface area (Å²) in [6.45, 7) is 3.60. The summed E-state index contributed by atoms with van der Waals surface area (Å²) in [5, 5.41) is 11.8. The Morgan fingerprint density at radius 3 is 2.39 bits per heavy atom. The summed E-state index contributed by atoms with van der Waals surface area (Å²) in [7, 11) is 0. The fourth-order valence-electron chi connectivity index (χ4n) is 2.36. The van der Waals surface area contributed by atoms with E-state index in [4.69, 9.17) is 5.11 Å². The molecule has 5 heteroatoms. The largest absolute Gasteiger partial charge is 0.481 e. The van der Waals surface area contributed by atoms with Gasteiger partial charge in [-0.1, -0.05) is 26.0 Å². The molecule has 0 unspecified atom stereocenters. The molecule has 0 spiro atoms. The molecule has 1 fully saturated rings. The SMILES string of the molecule is CC1(C)[C@H](C(=O)O)[C@@H]1C(=O)Nc1ccccc1Br. The van der Waals surface area contributed by atoms with E-state index in [0.717, 1.165) is 4.47 Å². The molecule has 2 atom stereocenters. The molecule has 2 rings (SSSR count). The third-order valence-electron chi connectivity index (χ3n) is 3.51. The highest BCUT2D eigenvalue weighted by molar-refractivity contribution is 9.10. The van der Waals surface area contributed by atoms with Gasteiger partial charge in [-0.25, -0.2) is 0 Å². The number of benzene rings is 1. The second-order valence-corrected chi connectivity index (χ2v) is 5.94. The highest BCUT2D eigenvalue weighted by atomic mass is 79.9. The first-order valence-corrected chi connectivity index (χ1v) is 6.43. The van der Waals surface area contributed by atoms with Gasteiger partial charge >= 0.3 is 5.97 Å². The molecule has 0 aliphatic heterocycles. The summed E-state index contributed by atoms with van der Waals surface area (Å²) >= 11 is 3.34. The zero-order valence-electron chi connectivity index (χ0n) is 10.1. The van der Waals surface area contributed by atoms with Crippen LogP contribution >= 0.6 is 15.9 Å². The minimum absolute atomic E-state index is 0.237. The van der Waals surface area contributed by atoms with Crippen LogP contribution in [0.4, 0.5) is 5.69 Å². The molecule has 1 saturated carbocycles. The molecule has 4 nitrogen and oxygen atoms in total. The van der Waals surface area contributed by atoms with Gasteiger partial charge in [-0.3, -0.25) is 9.59 Å². The van der Waals surface area contributed by atoms with E-state index in [2.05, 4.69) is 21.2 Å². The maximum absolute atomic E-state index is 12.1. The average Bonchev–Trinajstić information content (AvgIpc) is 2.85. The number of hydrogen-bond acceptors (Lipinski definition) is 2. The third-order valence-corrected chi connectivity index (χ3v) is 4.20. The Balaban J connectivity index is 2.11. The summed E-state index contributed by atoms with van der Waals surface area (Å²) in [6, 6.07) is 7.25. The van der Waals surface area contributed by atoms with Crippen LogP contribution in [0.15, 0.2) is 28.7 Å². The topological polar surface area (TPSA) is 66.4 Å². The van der Waals surface area contributed by atoms with E-state index in [1.807, 2.05) is 18.2 Å². The number of carbonyl (C=O) groups is 2. The first-order chi connectivity index (χ1) is 8.35. The van der Waals surface area contributed by atoms with Crippen molar-refractivity contribution in [3.05, 3.63) is 28.7 Å². The van der Waals surface area contributed by atoms with Crippen LogP contribution in [0.25, 0.3) is 0 Å². The molecule has 18 heavy (non-hydrogen) atoms. The van der Waals surface area contributed by atoms with E-state index in [9.17, 15) is 9.59 Å². The molecule has 0 radical (unpaired) electrons. The summed E-state index contributed by atoms with van der Waals surface area (Å²) in [5.74, 6) is -2.21. The van der Waals surface area contributed by atoms with Crippen molar-refractivity contribution in [3.8, 4) is 0 Å². The van der Waals surface area contributed by atoms with Gasteiger partial charge in [0.15, 0.2) is 0 Å². The number of hydrogen-bond donors (Lipinski definition) is 2. The molecular formula is C13H14BrNO3. The van der Waals surface area contributed by atoms with Crippen molar-refractivity contribution in [3.63, 3.8) is 0 Å². The molecule has 0 aromatic heterocycles. The first-order valence-electron chi connectivity index (χ1n) is 5.64. The van der Waals surface area contributed by atoms with Gasteiger partial charge in [0.25, 0.3) is 0 Å². The Kier molecular flexibility index (Phi) is 3.19. The Labute approximate surface area is 114 Å². The second-order valence-electron chi connectivity index (χ2n) is 5.08. The minimum Gasteiger partial charge on any atom is -0.481 e. The third kappa shape index (κ3) is 2.14. The predicted molar refractivity (Wildman–Crippen MR) is 71.2 cm³/mol. The maximum atomic E-state index is 12.1. The zero-order chi connectivity index (χ0) is 13.5. The van der Waals surface area contributed by atoms with Crippen molar-refractivity contribution in [1.29, 1.82) is 0 Å². The van der Waals surface area contributed by atoms with Crippen LogP contribution in [-0.2, 0) is 9.59 Å². The lowest BCUT2D eigenvalue weighted by Crippen LogP contribution is -2.17. The lowest BCUT2D eigenvalue weighted by molar-refractivity contribution is -0.140. The Hall–Kier alpha value is -1.36. The van der Waals surface area contributed by atoms with Gasteiger partial charge in [0.1, 0.15) is 0 Å². The van der Waals surface area contributed by atoms with Gasteiger partial charge in [-0.15, -0.1) is 0 Å². The maximum Gasteiger partial charge on any atom is 0.307 e. The molecule has 1 aromatic carbocycles. The lowest BCUT2D eigenvalue weighted by Gasteiger charge is -2.07. The van der Waals surface area contributed by atoms with Crippen molar-refractivity contribution in [2.24, 2.45) is 17.3 Å². The van der Waals surface area contributed by atoms with E-state index in [0.29, 0.717) is 5.69 Å². The van der Waals surface area contributed by atoms with Crippen molar-refractivity contribution < 1.29 is 14.7 Å². The van der Waals surface area contributed by atoms with Crippen LogP contribution in [-0.4, -0.2) is 17.0 Å². The van der Waals surface area contributed by atoms with Crippen LogP contribution in [0.2, 0.25) is 0 Å². The molecule has 1 aliphatic rings. The zero-order valence-corrected chi connectivity index (χ0v) is 11.7. The number of amides is 1. The number of para-hydroxylation sites is 1. The number of halogens is 1. The molecule has 96 valence electrons. The molecule has 2 N–H and O–H groups in total. The number of aliphatic carboxylic acids is 1. The summed E-state index contributed by atoms with van der Waals surface area (Å²) < 4.78 is 0.781. The number of carboxylic acid groups (broad SMARTS) is 1. The number of anilines is 1. The monoisotopic (exact) mass is 311 g/mol. The van der Waals surface area contributed by atoms with Gasteiger partial charge in [0.2, 0.25) is 5.91 Å². The van der Waals surface area contributed by atoms with E-state index >= 15 is 0 Å².